The van der Waals surface area contributed by atoms with Gasteiger partial charge in [0, 0.05) is 12.1 Å². The maximum absolute atomic E-state index is 2.35. The van der Waals surface area contributed by atoms with E-state index in [0.29, 0.717) is 12.1 Å². The van der Waals surface area contributed by atoms with E-state index in [1.807, 2.05) is 0 Å². The smallest absolute Gasteiger partial charge is 0.0158 e. The molecule has 0 saturated heterocycles. The third kappa shape index (κ3) is 4.50. The van der Waals surface area contributed by atoms with Crippen molar-refractivity contribution < 1.29 is 0 Å². The van der Waals surface area contributed by atoms with Gasteiger partial charge >= 0.3 is 0 Å². The predicted molar refractivity (Wildman–Crippen MR) is 71.7 cm³/mol. The van der Waals surface area contributed by atoms with Gasteiger partial charge in [0.15, 0.2) is 0 Å². The molecule has 0 spiro atoms. The fourth-order valence-corrected chi connectivity index (χ4v) is 2.05. The van der Waals surface area contributed by atoms with E-state index in [1.54, 1.807) is 0 Å². The first-order valence-electron chi connectivity index (χ1n) is 6.24. The maximum atomic E-state index is 2.35. The molecule has 0 amide bonds. The summed E-state index contributed by atoms with van der Waals surface area (Å²) in [6.07, 6.45) is 14.0. The van der Waals surface area contributed by atoms with Crippen molar-refractivity contribution in [2.45, 2.75) is 37.8 Å². The Kier molecular flexibility index (Phi) is 5.78. The van der Waals surface area contributed by atoms with Gasteiger partial charge in [-0.25, -0.2) is 0 Å². The number of hydrogen-bond acceptors (Lipinski definition) is 2. The van der Waals surface area contributed by atoms with Crippen molar-refractivity contribution in [1.82, 2.24) is 9.80 Å². The van der Waals surface area contributed by atoms with Gasteiger partial charge in [0.05, 0.1) is 0 Å². The topological polar surface area (TPSA) is 6.48 Å². The van der Waals surface area contributed by atoms with Gasteiger partial charge < -0.3 is 9.80 Å². The summed E-state index contributed by atoms with van der Waals surface area (Å²) in [5, 5.41) is 0. The number of nitrogens with zero attached hydrogens (tertiary/aromatic N) is 2. The fourth-order valence-electron chi connectivity index (χ4n) is 2.05. The predicted octanol–water partition coefficient (Wildman–Crippen LogP) is 2.53. The van der Waals surface area contributed by atoms with Crippen LogP contribution in [0, 0.1) is 0 Å². The number of hydrogen-bond donors (Lipinski definition) is 0. The van der Waals surface area contributed by atoms with E-state index < -0.39 is 0 Å². The second-order valence-electron chi connectivity index (χ2n) is 5.12. The normalized spacial score (nSPS) is 31.6. The van der Waals surface area contributed by atoms with E-state index >= 15 is 0 Å². The van der Waals surface area contributed by atoms with E-state index in [2.05, 4.69) is 62.3 Å². The molecule has 0 fully saturated rings. The molecule has 1 rings (SSSR count). The van der Waals surface area contributed by atoms with Gasteiger partial charge in [-0.1, -0.05) is 24.3 Å². The average molecular weight is 222 g/mol. The van der Waals surface area contributed by atoms with Gasteiger partial charge in [0.25, 0.3) is 0 Å². The molecule has 0 aromatic rings. The summed E-state index contributed by atoms with van der Waals surface area (Å²) in [6, 6.07) is 1.31. The van der Waals surface area contributed by atoms with Crippen molar-refractivity contribution in [3.63, 3.8) is 0 Å². The highest BCUT2D eigenvalue weighted by Crippen LogP contribution is 2.13. The van der Waals surface area contributed by atoms with E-state index in [-0.39, 0.29) is 0 Å². The molecule has 1 aliphatic rings. The highest BCUT2D eigenvalue weighted by atomic mass is 15.1. The second-order valence-corrected chi connectivity index (χ2v) is 5.12. The number of rotatable bonds is 2. The Bertz CT molecular complexity index is 199. The van der Waals surface area contributed by atoms with E-state index in [9.17, 15) is 0 Å². The highest BCUT2D eigenvalue weighted by Gasteiger charge is 2.11. The van der Waals surface area contributed by atoms with E-state index in [1.165, 1.54) is 0 Å². The Morgan fingerprint density at radius 1 is 0.625 bits per heavy atom. The molecule has 0 aromatic heterocycles. The Morgan fingerprint density at radius 3 is 1.06 bits per heavy atom. The largest absolute Gasteiger partial charge is 0.306 e. The quantitative estimate of drug-likeness (QED) is 0.663. The Labute approximate surface area is 101 Å². The monoisotopic (exact) mass is 222 g/mol. The first-order chi connectivity index (χ1) is 7.61. The highest BCUT2D eigenvalue weighted by molar-refractivity contribution is 4.98. The molecule has 0 atom stereocenters. The van der Waals surface area contributed by atoms with E-state index in [0.717, 1.165) is 25.7 Å². The molecule has 0 aliphatic heterocycles. The van der Waals surface area contributed by atoms with Crippen molar-refractivity contribution in [3.8, 4) is 0 Å². The standard InChI is InChI=1S/C14H26N2/c1-15(2)13-9-5-7-11-14(16(3)4)12-8-6-10-13/h5-8,13-14H,9-12H2,1-4H3/b7-5+,8-6+. The molecule has 2 heteroatoms. The van der Waals surface area contributed by atoms with Crippen molar-refractivity contribution >= 4 is 0 Å². The zero-order valence-corrected chi connectivity index (χ0v) is 11.2. The van der Waals surface area contributed by atoms with Crippen LogP contribution in [0.4, 0.5) is 0 Å². The van der Waals surface area contributed by atoms with Crippen molar-refractivity contribution in [2.24, 2.45) is 0 Å². The summed E-state index contributed by atoms with van der Waals surface area (Å²) in [7, 11) is 8.67. The summed E-state index contributed by atoms with van der Waals surface area (Å²) < 4.78 is 0. The van der Waals surface area contributed by atoms with Crippen LogP contribution in [0.25, 0.3) is 0 Å². The molecule has 0 N–H and O–H groups in total. The summed E-state index contributed by atoms with van der Waals surface area (Å²) in [5.74, 6) is 0. The molecule has 0 radical (unpaired) electrons. The first-order valence-corrected chi connectivity index (χ1v) is 6.24. The van der Waals surface area contributed by atoms with E-state index in [4.69, 9.17) is 0 Å². The molecular weight excluding hydrogens is 196 g/mol. The lowest BCUT2D eigenvalue weighted by Gasteiger charge is -2.24. The molecule has 0 unspecified atom stereocenters. The third-order valence-corrected chi connectivity index (χ3v) is 3.43. The zero-order chi connectivity index (χ0) is 12.0. The Morgan fingerprint density at radius 2 is 0.875 bits per heavy atom. The fraction of sp³-hybridized carbons (Fsp3) is 0.714. The van der Waals surface area contributed by atoms with Gasteiger partial charge in [0.1, 0.15) is 0 Å². The first kappa shape index (κ1) is 13.5. The van der Waals surface area contributed by atoms with Crippen LogP contribution in [-0.2, 0) is 0 Å². The molecule has 0 aromatic carbocycles. The van der Waals surface area contributed by atoms with Gasteiger partial charge in [-0.05, 0) is 53.9 Å². The molecule has 0 heterocycles. The molecule has 2 nitrogen and oxygen atoms in total. The lowest BCUT2D eigenvalue weighted by Crippen LogP contribution is -2.28. The maximum Gasteiger partial charge on any atom is 0.0158 e. The third-order valence-electron chi connectivity index (χ3n) is 3.43. The Hall–Kier alpha value is -0.600. The van der Waals surface area contributed by atoms with Crippen molar-refractivity contribution in [3.05, 3.63) is 24.3 Å². The zero-order valence-electron chi connectivity index (χ0n) is 11.2. The molecule has 0 bridgehead atoms. The SMILES string of the molecule is CN(C)C1C/C=C/CC(N(C)C)C/C=C/C1. The summed E-state index contributed by atoms with van der Waals surface area (Å²) in [4.78, 5) is 4.64. The van der Waals surface area contributed by atoms with Crippen molar-refractivity contribution in [1.29, 1.82) is 0 Å². The van der Waals surface area contributed by atoms with Crippen LogP contribution in [0.5, 0.6) is 0 Å². The Balaban J connectivity index is 2.57. The van der Waals surface area contributed by atoms with Crippen LogP contribution in [0.3, 0.4) is 0 Å². The summed E-state index contributed by atoms with van der Waals surface area (Å²) in [6.45, 7) is 0. The molecular formula is C14H26N2. The molecule has 0 saturated carbocycles. The van der Waals surface area contributed by atoms with Crippen LogP contribution in [-0.4, -0.2) is 50.1 Å². The van der Waals surface area contributed by atoms with Crippen LogP contribution >= 0.6 is 0 Å². The van der Waals surface area contributed by atoms with Crippen LogP contribution in [0.1, 0.15) is 25.7 Å². The lowest BCUT2D eigenvalue weighted by molar-refractivity contribution is 0.287. The van der Waals surface area contributed by atoms with Gasteiger partial charge in [-0.3, -0.25) is 0 Å². The summed E-state index contributed by atoms with van der Waals surface area (Å²) >= 11 is 0. The minimum atomic E-state index is 0.656. The summed E-state index contributed by atoms with van der Waals surface area (Å²) in [5.41, 5.74) is 0. The molecule has 1 aliphatic carbocycles. The molecule has 92 valence electrons. The van der Waals surface area contributed by atoms with Gasteiger partial charge in [-0.2, -0.15) is 0 Å². The van der Waals surface area contributed by atoms with Crippen LogP contribution in [0.2, 0.25) is 0 Å². The minimum Gasteiger partial charge on any atom is -0.306 e. The average Bonchev–Trinajstić information content (AvgIpc) is 2.24. The lowest BCUT2D eigenvalue weighted by atomic mass is 10.0. The van der Waals surface area contributed by atoms with Crippen LogP contribution < -0.4 is 0 Å². The van der Waals surface area contributed by atoms with Crippen molar-refractivity contribution in [2.75, 3.05) is 28.2 Å². The molecule has 16 heavy (non-hydrogen) atoms. The second kappa shape index (κ2) is 6.87. The minimum absolute atomic E-state index is 0.656. The van der Waals surface area contributed by atoms with Gasteiger partial charge in [0.2, 0.25) is 0 Å². The van der Waals surface area contributed by atoms with Crippen LogP contribution in [0.15, 0.2) is 24.3 Å². The van der Waals surface area contributed by atoms with Gasteiger partial charge in [-0.15, -0.1) is 0 Å².